The van der Waals surface area contributed by atoms with E-state index in [4.69, 9.17) is 0 Å². The van der Waals surface area contributed by atoms with Crippen molar-refractivity contribution in [1.82, 2.24) is 0 Å². The third-order valence-electron chi connectivity index (χ3n) is 6.63. The maximum atomic E-state index is 13.0. The zero-order chi connectivity index (χ0) is 22.1. The Balaban J connectivity index is 1.85. The summed E-state index contributed by atoms with van der Waals surface area (Å²) < 4.78 is 39.1. The molecule has 0 amide bonds. The molecule has 4 atom stereocenters. The van der Waals surface area contributed by atoms with Gasteiger partial charge in [0.25, 0.3) is 0 Å². The normalized spacial score (nSPS) is 25.9. The first-order chi connectivity index (χ1) is 14.1. The molecule has 30 heavy (non-hydrogen) atoms. The van der Waals surface area contributed by atoms with E-state index in [0.717, 1.165) is 12.1 Å². The number of piperidine rings is 1. The number of anilines is 1. The molecular weight excluding hydrogens is 391 g/mol. The number of nitrogens with zero attached hydrogens (tertiary/aromatic N) is 1. The van der Waals surface area contributed by atoms with Crippen LogP contribution in [0.4, 0.5) is 18.9 Å². The van der Waals surface area contributed by atoms with Crippen molar-refractivity contribution in [3.05, 3.63) is 53.6 Å². The van der Waals surface area contributed by atoms with Crippen molar-refractivity contribution in [3.8, 4) is 0 Å². The van der Waals surface area contributed by atoms with Gasteiger partial charge in [0.15, 0.2) is 0 Å². The number of benzene rings is 1. The quantitative estimate of drug-likeness (QED) is 0.617. The monoisotopic (exact) mass is 421 g/mol. The molecule has 1 fully saturated rings. The summed E-state index contributed by atoms with van der Waals surface area (Å²) in [4.78, 5) is 13.8. The molecule has 2 unspecified atom stereocenters. The van der Waals surface area contributed by atoms with Gasteiger partial charge in [-0.05, 0) is 48.8 Å². The lowest BCUT2D eigenvalue weighted by molar-refractivity contribution is -0.143. The lowest BCUT2D eigenvalue weighted by Gasteiger charge is -2.45. The molecule has 3 nitrogen and oxygen atoms in total. The Morgan fingerprint density at radius 3 is 2.33 bits per heavy atom. The van der Waals surface area contributed by atoms with Crippen LogP contribution in [-0.4, -0.2) is 29.8 Å². The zero-order valence-electron chi connectivity index (χ0n) is 17.7. The molecule has 3 rings (SSSR count). The van der Waals surface area contributed by atoms with E-state index in [-0.39, 0.29) is 17.9 Å². The first-order valence-corrected chi connectivity index (χ1v) is 10.6. The number of aliphatic carboxylic acids is 1. The number of carboxylic acid groups (broad SMARTS) is 1. The summed E-state index contributed by atoms with van der Waals surface area (Å²) in [7, 11) is 0. The fourth-order valence-electron chi connectivity index (χ4n) is 4.59. The Morgan fingerprint density at radius 2 is 1.83 bits per heavy atom. The molecule has 1 aliphatic heterocycles. The number of hydrogen-bond donors (Lipinski definition) is 1. The molecule has 1 aromatic rings. The van der Waals surface area contributed by atoms with Crippen LogP contribution in [0.15, 0.2) is 48.1 Å². The minimum Gasteiger partial charge on any atom is -0.481 e. The highest BCUT2D eigenvalue weighted by Crippen LogP contribution is 2.40. The van der Waals surface area contributed by atoms with E-state index in [2.05, 4.69) is 43.0 Å². The molecule has 0 aromatic heterocycles. The van der Waals surface area contributed by atoms with Crippen molar-refractivity contribution < 1.29 is 23.1 Å². The maximum absolute atomic E-state index is 13.0. The van der Waals surface area contributed by atoms with Gasteiger partial charge in [-0.25, -0.2) is 0 Å². The second-order valence-electron chi connectivity index (χ2n) is 8.83. The SMILES string of the molecule is CC(C)c1ccc(N2CC[C@H](C(C)C(=O)O)C[C@@H]2C2C=CC(C(F)(F)F)=CC2)cc1. The van der Waals surface area contributed by atoms with Crippen LogP contribution in [0, 0.1) is 17.8 Å². The number of rotatable bonds is 5. The van der Waals surface area contributed by atoms with E-state index in [1.807, 2.05) is 0 Å². The molecule has 1 aromatic carbocycles. The van der Waals surface area contributed by atoms with E-state index < -0.39 is 23.6 Å². The largest absolute Gasteiger partial charge is 0.481 e. The highest BCUT2D eigenvalue weighted by Gasteiger charge is 2.39. The fourth-order valence-corrected chi connectivity index (χ4v) is 4.59. The van der Waals surface area contributed by atoms with Gasteiger partial charge in [0.2, 0.25) is 0 Å². The summed E-state index contributed by atoms with van der Waals surface area (Å²) in [5.41, 5.74) is 1.68. The van der Waals surface area contributed by atoms with Crippen molar-refractivity contribution in [2.45, 2.75) is 58.2 Å². The van der Waals surface area contributed by atoms with Crippen LogP contribution in [0.5, 0.6) is 0 Å². The molecule has 1 heterocycles. The van der Waals surface area contributed by atoms with Gasteiger partial charge < -0.3 is 10.0 Å². The molecule has 0 saturated carbocycles. The molecule has 0 spiro atoms. The molecule has 164 valence electrons. The first kappa shape index (κ1) is 22.4. The summed E-state index contributed by atoms with van der Waals surface area (Å²) in [6, 6.07) is 8.32. The number of hydrogen-bond acceptors (Lipinski definition) is 2. The van der Waals surface area contributed by atoms with Gasteiger partial charge in [-0.1, -0.05) is 51.1 Å². The Labute approximate surface area is 176 Å². The number of allylic oxidation sites excluding steroid dienone is 3. The van der Waals surface area contributed by atoms with Crippen LogP contribution in [0.2, 0.25) is 0 Å². The lowest BCUT2D eigenvalue weighted by Crippen LogP contribution is -2.48. The van der Waals surface area contributed by atoms with Gasteiger partial charge in [-0.2, -0.15) is 13.2 Å². The van der Waals surface area contributed by atoms with Gasteiger partial charge in [0.05, 0.1) is 11.5 Å². The summed E-state index contributed by atoms with van der Waals surface area (Å²) in [5.74, 6) is -0.923. The van der Waals surface area contributed by atoms with E-state index in [1.165, 1.54) is 17.7 Å². The Morgan fingerprint density at radius 1 is 1.17 bits per heavy atom. The van der Waals surface area contributed by atoms with E-state index in [0.29, 0.717) is 25.3 Å². The number of alkyl halides is 3. The molecule has 0 radical (unpaired) electrons. The summed E-state index contributed by atoms with van der Waals surface area (Å²) >= 11 is 0. The minimum absolute atomic E-state index is 0.0140. The smallest absolute Gasteiger partial charge is 0.416 e. The second kappa shape index (κ2) is 8.86. The molecule has 2 aliphatic rings. The van der Waals surface area contributed by atoms with Crippen LogP contribution in [0.1, 0.15) is 51.5 Å². The van der Waals surface area contributed by atoms with E-state index >= 15 is 0 Å². The molecular formula is C24H30F3NO2. The Hall–Kier alpha value is -2.24. The standard InChI is InChI=1S/C24H30F3NO2/c1-15(2)17-6-10-21(11-7-17)28-13-12-19(16(3)23(29)30)14-22(28)18-4-8-20(9-5-18)24(25,26)27/h4,6-11,15-16,18-19,22H,5,12-14H2,1-3H3,(H,29,30)/t16?,18?,19-,22+/m0/s1. The third-order valence-corrected chi connectivity index (χ3v) is 6.63. The van der Waals surface area contributed by atoms with Crippen LogP contribution in [-0.2, 0) is 4.79 Å². The van der Waals surface area contributed by atoms with Gasteiger partial charge in [0, 0.05) is 24.2 Å². The predicted octanol–water partition coefficient (Wildman–Crippen LogP) is 6.18. The van der Waals surface area contributed by atoms with Gasteiger partial charge in [-0.15, -0.1) is 0 Å². The van der Waals surface area contributed by atoms with Crippen LogP contribution in [0.25, 0.3) is 0 Å². The average Bonchev–Trinajstić information content (AvgIpc) is 2.72. The summed E-state index contributed by atoms with van der Waals surface area (Å²) in [5, 5.41) is 9.46. The molecule has 1 aliphatic carbocycles. The minimum atomic E-state index is -4.33. The van der Waals surface area contributed by atoms with Crippen LogP contribution < -0.4 is 4.90 Å². The predicted molar refractivity (Wildman–Crippen MR) is 113 cm³/mol. The maximum Gasteiger partial charge on any atom is 0.416 e. The van der Waals surface area contributed by atoms with Crippen molar-refractivity contribution in [2.75, 3.05) is 11.4 Å². The highest BCUT2D eigenvalue weighted by molar-refractivity contribution is 5.70. The lowest BCUT2D eigenvalue weighted by atomic mass is 9.76. The highest BCUT2D eigenvalue weighted by atomic mass is 19.4. The van der Waals surface area contributed by atoms with Gasteiger partial charge in [-0.3, -0.25) is 4.79 Å². The molecule has 1 saturated heterocycles. The van der Waals surface area contributed by atoms with Crippen molar-refractivity contribution in [3.63, 3.8) is 0 Å². The van der Waals surface area contributed by atoms with Crippen LogP contribution in [0.3, 0.4) is 0 Å². The Bertz CT molecular complexity index is 811. The third kappa shape index (κ3) is 4.90. The van der Waals surface area contributed by atoms with Crippen molar-refractivity contribution in [1.29, 1.82) is 0 Å². The van der Waals surface area contributed by atoms with Crippen molar-refractivity contribution >= 4 is 11.7 Å². The van der Waals surface area contributed by atoms with Gasteiger partial charge in [0.1, 0.15) is 0 Å². The summed E-state index contributed by atoms with van der Waals surface area (Å²) in [6.45, 7) is 6.70. The van der Waals surface area contributed by atoms with Crippen molar-refractivity contribution in [2.24, 2.45) is 17.8 Å². The molecule has 0 bridgehead atoms. The molecule has 6 heteroatoms. The Kier molecular flexibility index (Phi) is 6.63. The first-order valence-electron chi connectivity index (χ1n) is 10.6. The molecule has 1 N–H and O–H groups in total. The van der Waals surface area contributed by atoms with Gasteiger partial charge >= 0.3 is 12.1 Å². The number of carboxylic acids is 1. The summed E-state index contributed by atoms with van der Waals surface area (Å²) in [6.07, 6.45) is 1.51. The second-order valence-corrected chi connectivity index (χ2v) is 8.83. The topological polar surface area (TPSA) is 40.5 Å². The number of halogens is 3. The zero-order valence-corrected chi connectivity index (χ0v) is 17.7. The van der Waals surface area contributed by atoms with E-state index in [9.17, 15) is 23.1 Å². The van der Waals surface area contributed by atoms with E-state index in [1.54, 1.807) is 13.0 Å². The van der Waals surface area contributed by atoms with Crippen LogP contribution >= 0.6 is 0 Å². The number of carbonyl (C=O) groups is 1. The fraction of sp³-hybridized carbons (Fsp3) is 0.542. The average molecular weight is 422 g/mol.